The van der Waals surface area contributed by atoms with Crippen LogP contribution in [0.25, 0.3) is 16.2 Å². The fraction of sp³-hybridized carbons (Fsp3) is 0.190. The van der Waals surface area contributed by atoms with Gasteiger partial charge < -0.3 is 14.5 Å². The lowest BCUT2D eigenvalue weighted by molar-refractivity contribution is -0.120. The van der Waals surface area contributed by atoms with Crippen molar-refractivity contribution in [3.05, 3.63) is 71.6 Å². The summed E-state index contributed by atoms with van der Waals surface area (Å²) in [6, 6.07) is 13.6. The minimum absolute atomic E-state index is 0.0769. The number of hydrogen-bond acceptors (Lipinski definition) is 5. The van der Waals surface area contributed by atoms with Gasteiger partial charge in [0.05, 0.1) is 36.5 Å². The Morgan fingerprint density at radius 2 is 2.00 bits per heavy atom. The Morgan fingerprint density at radius 3 is 2.86 bits per heavy atom. The van der Waals surface area contributed by atoms with E-state index in [1.807, 2.05) is 71.6 Å². The molecule has 1 aromatic carbocycles. The van der Waals surface area contributed by atoms with Gasteiger partial charge in [0.15, 0.2) is 0 Å². The van der Waals surface area contributed by atoms with E-state index in [0.29, 0.717) is 13.2 Å². The molecule has 1 N–H and O–H groups in total. The lowest BCUT2D eigenvalue weighted by Crippen LogP contribution is -2.24. The zero-order chi connectivity index (χ0) is 19.3. The molecule has 142 valence electrons. The number of rotatable bonds is 7. The summed E-state index contributed by atoms with van der Waals surface area (Å²) in [6.07, 6.45) is 4.09. The quantitative estimate of drug-likeness (QED) is 0.521. The minimum atomic E-state index is -0.0769. The molecule has 0 saturated carbocycles. The van der Waals surface area contributed by atoms with E-state index >= 15 is 0 Å². The monoisotopic (exact) mass is 392 g/mol. The molecule has 6 nitrogen and oxygen atoms in total. The van der Waals surface area contributed by atoms with Crippen molar-refractivity contribution < 1.29 is 9.53 Å². The van der Waals surface area contributed by atoms with Gasteiger partial charge in [0.1, 0.15) is 16.4 Å². The van der Waals surface area contributed by atoms with Crippen LogP contribution in [0.3, 0.4) is 0 Å². The molecule has 4 aromatic rings. The Hall–Kier alpha value is -3.19. The first-order chi connectivity index (χ1) is 13.7. The summed E-state index contributed by atoms with van der Waals surface area (Å²) >= 11 is 1.52. The molecule has 0 saturated heterocycles. The number of amides is 1. The van der Waals surface area contributed by atoms with Gasteiger partial charge in [-0.15, -0.1) is 11.3 Å². The van der Waals surface area contributed by atoms with E-state index in [2.05, 4.69) is 15.3 Å². The van der Waals surface area contributed by atoms with Gasteiger partial charge in [-0.05, 0) is 31.2 Å². The van der Waals surface area contributed by atoms with Crippen LogP contribution in [0.4, 0.5) is 0 Å². The van der Waals surface area contributed by atoms with E-state index in [-0.39, 0.29) is 12.3 Å². The molecular weight excluding hydrogens is 372 g/mol. The van der Waals surface area contributed by atoms with Crippen molar-refractivity contribution in [2.24, 2.45) is 0 Å². The molecule has 0 atom stereocenters. The Balaban J connectivity index is 1.39. The number of carbonyl (C=O) groups excluding carboxylic acids is 1. The summed E-state index contributed by atoms with van der Waals surface area (Å²) in [7, 11) is 0. The maximum Gasteiger partial charge on any atom is 0.226 e. The van der Waals surface area contributed by atoms with Crippen LogP contribution in [0.15, 0.2) is 60.2 Å². The number of aromatic nitrogens is 3. The predicted octanol–water partition coefficient (Wildman–Crippen LogP) is 3.72. The summed E-state index contributed by atoms with van der Waals surface area (Å²) in [5.74, 6) is 0.731. The highest BCUT2D eigenvalue weighted by Gasteiger charge is 2.12. The number of hydrogen-bond donors (Lipinski definition) is 1. The summed E-state index contributed by atoms with van der Waals surface area (Å²) in [5.41, 5.74) is 3.39. The molecule has 0 aliphatic rings. The molecule has 4 rings (SSSR count). The Bertz CT molecular complexity index is 1070. The molecular formula is C21H20N4O2S. The van der Waals surface area contributed by atoms with E-state index in [1.165, 1.54) is 11.3 Å². The van der Waals surface area contributed by atoms with E-state index in [0.717, 1.165) is 33.4 Å². The third kappa shape index (κ3) is 4.04. The van der Waals surface area contributed by atoms with Crippen LogP contribution in [0.2, 0.25) is 0 Å². The van der Waals surface area contributed by atoms with Gasteiger partial charge in [-0.1, -0.05) is 18.2 Å². The second kappa shape index (κ2) is 8.22. The number of carbonyl (C=O) groups is 1. The lowest BCUT2D eigenvalue weighted by Gasteiger charge is -2.07. The number of imidazole rings is 1. The number of fused-ring (bicyclic) bond motifs is 1. The van der Waals surface area contributed by atoms with Gasteiger partial charge >= 0.3 is 0 Å². The zero-order valence-corrected chi connectivity index (χ0v) is 16.3. The van der Waals surface area contributed by atoms with Crippen LogP contribution in [0, 0.1) is 0 Å². The van der Waals surface area contributed by atoms with Crippen molar-refractivity contribution in [3.8, 4) is 16.3 Å². The number of nitrogens with one attached hydrogen (secondary N) is 1. The Morgan fingerprint density at radius 1 is 1.14 bits per heavy atom. The van der Waals surface area contributed by atoms with Gasteiger partial charge in [-0.3, -0.25) is 4.79 Å². The molecule has 7 heteroatoms. The van der Waals surface area contributed by atoms with Crippen molar-refractivity contribution in [2.45, 2.75) is 19.9 Å². The third-order valence-electron chi connectivity index (χ3n) is 4.19. The highest BCUT2D eigenvalue weighted by molar-refractivity contribution is 7.13. The molecule has 28 heavy (non-hydrogen) atoms. The smallest absolute Gasteiger partial charge is 0.226 e. The van der Waals surface area contributed by atoms with Crippen LogP contribution >= 0.6 is 11.3 Å². The maximum absolute atomic E-state index is 12.3. The number of pyridine rings is 1. The van der Waals surface area contributed by atoms with E-state index in [4.69, 9.17) is 4.74 Å². The average Bonchev–Trinajstić information content (AvgIpc) is 3.33. The lowest BCUT2D eigenvalue weighted by atomic mass is 10.2. The molecule has 3 heterocycles. The van der Waals surface area contributed by atoms with Crippen molar-refractivity contribution in [1.29, 1.82) is 0 Å². The first-order valence-electron chi connectivity index (χ1n) is 9.09. The second-order valence-electron chi connectivity index (χ2n) is 6.23. The second-order valence-corrected chi connectivity index (χ2v) is 7.08. The van der Waals surface area contributed by atoms with Crippen LogP contribution in [-0.2, 0) is 17.8 Å². The van der Waals surface area contributed by atoms with Crippen molar-refractivity contribution in [2.75, 3.05) is 6.61 Å². The topological polar surface area (TPSA) is 68.5 Å². The van der Waals surface area contributed by atoms with Crippen molar-refractivity contribution in [3.63, 3.8) is 0 Å². The molecule has 0 spiro atoms. The fourth-order valence-corrected chi connectivity index (χ4v) is 3.77. The summed E-state index contributed by atoms with van der Waals surface area (Å²) in [5, 5.41) is 5.69. The van der Waals surface area contributed by atoms with Gasteiger partial charge in [-0.25, -0.2) is 9.97 Å². The van der Waals surface area contributed by atoms with Gasteiger partial charge in [0.2, 0.25) is 5.91 Å². The average molecular weight is 392 g/mol. The van der Waals surface area contributed by atoms with E-state index < -0.39 is 0 Å². The van der Waals surface area contributed by atoms with Gasteiger partial charge in [-0.2, -0.15) is 0 Å². The van der Waals surface area contributed by atoms with Crippen LogP contribution in [0.5, 0.6) is 5.75 Å². The van der Waals surface area contributed by atoms with Crippen molar-refractivity contribution in [1.82, 2.24) is 19.7 Å². The number of nitrogens with zero attached hydrogens (tertiary/aromatic N) is 3. The van der Waals surface area contributed by atoms with Crippen LogP contribution in [-0.4, -0.2) is 26.9 Å². The summed E-state index contributed by atoms with van der Waals surface area (Å²) < 4.78 is 7.61. The number of benzene rings is 1. The van der Waals surface area contributed by atoms with Gasteiger partial charge in [0.25, 0.3) is 0 Å². The minimum Gasteiger partial charge on any atom is -0.493 e. The molecule has 0 fully saturated rings. The Labute approximate surface area is 166 Å². The van der Waals surface area contributed by atoms with Crippen LogP contribution in [0.1, 0.15) is 18.3 Å². The standard InChI is InChI=1S/C21H20N4O2S/c1-2-27-18-8-4-3-7-17(18)21-24-15(14-28-21)11-20(26)22-12-16-13-25-10-6-5-9-19(25)23-16/h3-10,13-14H,2,11-12H2,1H3,(H,22,26). The predicted molar refractivity (Wildman–Crippen MR) is 109 cm³/mol. The number of ether oxygens (including phenoxy) is 1. The zero-order valence-electron chi connectivity index (χ0n) is 15.5. The van der Waals surface area contributed by atoms with Crippen LogP contribution < -0.4 is 10.1 Å². The highest BCUT2D eigenvalue weighted by atomic mass is 32.1. The number of thiazole rings is 1. The molecule has 0 aliphatic heterocycles. The Kier molecular flexibility index (Phi) is 5.34. The third-order valence-corrected chi connectivity index (χ3v) is 5.12. The first-order valence-corrected chi connectivity index (χ1v) is 9.97. The summed E-state index contributed by atoms with van der Waals surface area (Å²) in [4.78, 5) is 21.4. The highest BCUT2D eigenvalue weighted by Crippen LogP contribution is 2.32. The van der Waals surface area contributed by atoms with E-state index in [9.17, 15) is 4.79 Å². The molecule has 0 unspecified atom stereocenters. The van der Waals surface area contributed by atoms with Crippen molar-refractivity contribution >= 4 is 22.9 Å². The molecule has 1 amide bonds. The summed E-state index contributed by atoms with van der Waals surface area (Å²) in [6.45, 7) is 2.95. The van der Waals surface area contributed by atoms with Gasteiger partial charge in [0, 0.05) is 17.8 Å². The normalized spacial score (nSPS) is 10.9. The largest absolute Gasteiger partial charge is 0.493 e. The maximum atomic E-state index is 12.3. The number of para-hydroxylation sites is 1. The van der Waals surface area contributed by atoms with E-state index in [1.54, 1.807) is 0 Å². The fourth-order valence-electron chi connectivity index (χ4n) is 2.93. The molecule has 0 bridgehead atoms. The molecule has 0 aliphatic carbocycles. The molecule has 3 aromatic heterocycles. The SMILES string of the molecule is CCOc1ccccc1-c1nc(CC(=O)NCc2cn3ccccc3n2)cs1. The molecule has 0 radical (unpaired) electrons. The first kappa shape index (κ1) is 18.2.